The van der Waals surface area contributed by atoms with Crippen molar-refractivity contribution in [3.63, 3.8) is 0 Å². The van der Waals surface area contributed by atoms with E-state index in [1.54, 1.807) is 6.08 Å². The first-order valence-electron chi connectivity index (χ1n) is 8.96. The van der Waals surface area contributed by atoms with E-state index in [4.69, 9.17) is 0 Å². The molecule has 0 bridgehead atoms. The summed E-state index contributed by atoms with van der Waals surface area (Å²) >= 11 is 0. The number of anilines is 1. The highest BCUT2D eigenvalue weighted by atomic mass is 19.1. The number of halogens is 1. The molecule has 3 heterocycles. The Morgan fingerprint density at radius 2 is 2.40 bits per heavy atom. The van der Waals surface area contributed by atoms with E-state index in [1.807, 2.05) is 11.0 Å². The zero-order valence-electron chi connectivity index (χ0n) is 14.8. The van der Waals surface area contributed by atoms with Crippen molar-refractivity contribution in [1.82, 2.24) is 9.88 Å². The summed E-state index contributed by atoms with van der Waals surface area (Å²) in [7, 11) is 1.35. The lowest BCUT2D eigenvalue weighted by atomic mass is 9.97. The van der Waals surface area contributed by atoms with Gasteiger partial charge >= 0.3 is 5.97 Å². The largest absolute Gasteiger partial charge is 0.466 e. The molecule has 136 valence electrons. The highest BCUT2D eigenvalue weighted by Gasteiger charge is 2.37. The van der Waals surface area contributed by atoms with E-state index in [9.17, 15) is 4.79 Å². The number of ether oxygens (including phenoxy) is 1. The molecule has 2 aliphatic heterocycles. The van der Waals surface area contributed by atoms with Crippen molar-refractivity contribution in [2.24, 2.45) is 0 Å². The van der Waals surface area contributed by atoms with Crippen LogP contribution in [0.5, 0.6) is 0 Å². The van der Waals surface area contributed by atoms with Crippen LogP contribution in [0.4, 0.5) is 10.2 Å². The van der Waals surface area contributed by atoms with Crippen molar-refractivity contribution in [2.75, 3.05) is 38.6 Å². The summed E-state index contributed by atoms with van der Waals surface area (Å²) in [6, 6.07) is 4.15. The Kier molecular flexibility index (Phi) is 5.68. The summed E-state index contributed by atoms with van der Waals surface area (Å²) in [5.41, 5.74) is 1.04. The Morgan fingerprint density at radius 3 is 3.24 bits per heavy atom. The smallest absolute Gasteiger partial charge is 0.330 e. The Labute approximate surface area is 148 Å². The normalized spacial score (nSPS) is 23.4. The molecule has 1 atom stereocenters. The molecule has 0 unspecified atom stereocenters. The molecule has 5 nitrogen and oxygen atoms in total. The van der Waals surface area contributed by atoms with E-state index in [2.05, 4.69) is 21.1 Å². The second kappa shape index (κ2) is 7.95. The van der Waals surface area contributed by atoms with Crippen LogP contribution in [0.25, 0.3) is 0 Å². The standard InChI is InChI=1S/C19H26FN3O2/c1-25-17(24)5-3-12-23-13-10-19(20,14-23)9-8-16-7-6-15-4-2-11-21-18(15)22-16/h3,5-7H,2,4,8-14H2,1H3,(H,21,22)/b5-3+/t19-/m0/s1. The lowest BCUT2D eigenvalue weighted by molar-refractivity contribution is -0.134. The molecular weight excluding hydrogens is 321 g/mol. The maximum absolute atomic E-state index is 15.0. The van der Waals surface area contributed by atoms with Crippen LogP contribution < -0.4 is 5.32 Å². The molecule has 1 N–H and O–H groups in total. The molecule has 0 saturated carbocycles. The maximum Gasteiger partial charge on any atom is 0.330 e. The minimum atomic E-state index is -1.18. The summed E-state index contributed by atoms with van der Waals surface area (Å²) in [4.78, 5) is 17.7. The number of rotatable bonds is 6. The SMILES string of the molecule is COC(=O)/C=C/CN1CC[C@@](F)(CCc2ccc3c(n2)NCCC3)C1. The first-order valence-corrected chi connectivity index (χ1v) is 8.96. The molecule has 6 heteroatoms. The molecule has 0 aliphatic carbocycles. The molecule has 3 rings (SSSR count). The van der Waals surface area contributed by atoms with Gasteiger partial charge in [0.2, 0.25) is 0 Å². The average Bonchev–Trinajstić information content (AvgIpc) is 3.01. The van der Waals surface area contributed by atoms with E-state index in [1.165, 1.54) is 18.7 Å². The zero-order valence-corrected chi connectivity index (χ0v) is 14.8. The number of nitrogens with one attached hydrogen (secondary N) is 1. The molecule has 1 fully saturated rings. The number of pyridine rings is 1. The minimum absolute atomic E-state index is 0.377. The third-order valence-corrected chi connectivity index (χ3v) is 4.98. The maximum atomic E-state index is 15.0. The Bertz CT molecular complexity index is 650. The first-order chi connectivity index (χ1) is 12.1. The van der Waals surface area contributed by atoms with E-state index < -0.39 is 5.67 Å². The molecule has 1 saturated heterocycles. The van der Waals surface area contributed by atoms with Crippen LogP contribution in [0, 0.1) is 0 Å². The van der Waals surface area contributed by atoms with Crippen LogP contribution >= 0.6 is 0 Å². The summed E-state index contributed by atoms with van der Waals surface area (Å²) in [5, 5.41) is 3.33. The highest BCUT2D eigenvalue weighted by Crippen LogP contribution is 2.30. The molecule has 0 radical (unpaired) electrons. The van der Waals surface area contributed by atoms with Gasteiger partial charge in [-0.05, 0) is 43.7 Å². The number of likely N-dealkylation sites (tertiary alicyclic amines) is 1. The van der Waals surface area contributed by atoms with Crippen LogP contribution in [0.2, 0.25) is 0 Å². The number of hydrogen-bond acceptors (Lipinski definition) is 5. The molecular formula is C19H26FN3O2. The second-order valence-corrected chi connectivity index (χ2v) is 6.90. The van der Waals surface area contributed by atoms with Gasteiger partial charge in [0, 0.05) is 37.9 Å². The monoisotopic (exact) mass is 347 g/mol. The van der Waals surface area contributed by atoms with E-state index in [-0.39, 0.29) is 5.97 Å². The van der Waals surface area contributed by atoms with Crippen LogP contribution in [-0.2, 0) is 22.4 Å². The molecule has 0 spiro atoms. The van der Waals surface area contributed by atoms with Crippen molar-refractivity contribution in [3.8, 4) is 0 Å². The Morgan fingerprint density at radius 1 is 1.52 bits per heavy atom. The molecule has 0 amide bonds. The fourth-order valence-corrected chi connectivity index (χ4v) is 3.50. The summed E-state index contributed by atoms with van der Waals surface area (Å²) in [6.07, 6.45) is 6.99. The number of carbonyl (C=O) groups is 1. The third kappa shape index (κ3) is 4.78. The van der Waals surface area contributed by atoms with Crippen LogP contribution in [0.15, 0.2) is 24.3 Å². The van der Waals surface area contributed by atoms with Crippen molar-refractivity contribution in [3.05, 3.63) is 35.5 Å². The van der Waals surface area contributed by atoms with Gasteiger partial charge in [-0.1, -0.05) is 12.1 Å². The summed E-state index contributed by atoms with van der Waals surface area (Å²) in [5.74, 6) is 0.593. The third-order valence-electron chi connectivity index (χ3n) is 4.98. The zero-order chi connectivity index (χ0) is 17.7. The number of esters is 1. The van der Waals surface area contributed by atoms with Crippen molar-refractivity contribution in [1.29, 1.82) is 0 Å². The fraction of sp³-hybridized carbons (Fsp3) is 0.579. The lowest BCUT2D eigenvalue weighted by Crippen LogP contribution is -2.30. The number of carbonyl (C=O) groups excluding carboxylic acids is 1. The van der Waals surface area contributed by atoms with E-state index >= 15 is 4.39 Å². The average molecular weight is 347 g/mol. The highest BCUT2D eigenvalue weighted by molar-refractivity contribution is 5.81. The van der Waals surface area contributed by atoms with Gasteiger partial charge in [-0.3, -0.25) is 4.90 Å². The van der Waals surface area contributed by atoms with Gasteiger partial charge < -0.3 is 10.1 Å². The van der Waals surface area contributed by atoms with Gasteiger partial charge in [-0.2, -0.15) is 0 Å². The Hall–Kier alpha value is -1.95. The lowest BCUT2D eigenvalue weighted by Gasteiger charge is -2.21. The number of aromatic nitrogens is 1. The number of fused-ring (bicyclic) bond motifs is 1. The van der Waals surface area contributed by atoms with Crippen molar-refractivity contribution in [2.45, 2.75) is 37.8 Å². The molecule has 1 aromatic heterocycles. The van der Waals surface area contributed by atoms with Gasteiger partial charge in [0.15, 0.2) is 0 Å². The number of aryl methyl sites for hydroxylation is 2. The predicted octanol–water partition coefficient (Wildman–Crippen LogP) is 2.52. The van der Waals surface area contributed by atoms with Crippen molar-refractivity contribution >= 4 is 11.8 Å². The quantitative estimate of drug-likeness (QED) is 0.633. The van der Waals surface area contributed by atoms with Gasteiger partial charge in [0.1, 0.15) is 11.5 Å². The number of alkyl halides is 1. The number of hydrogen-bond donors (Lipinski definition) is 1. The van der Waals surface area contributed by atoms with Gasteiger partial charge in [-0.25, -0.2) is 14.2 Å². The van der Waals surface area contributed by atoms with Gasteiger partial charge in [0.25, 0.3) is 0 Å². The molecule has 0 aromatic carbocycles. The minimum Gasteiger partial charge on any atom is -0.466 e. The van der Waals surface area contributed by atoms with Gasteiger partial charge in [0.05, 0.1) is 7.11 Å². The summed E-state index contributed by atoms with van der Waals surface area (Å²) < 4.78 is 19.6. The predicted molar refractivity (Wildman–Crippen MR) is 95.4 cm³/mol. The summed E-state index contributed by atoms with van der Waals surface area (Å²) in [6.45, 7) is 2.65. The number of methoxy groups -OCH3 is 1. The van der Waals surface area contributed by atoms with Crippen LogP contribution in [-0.4, -0.2) is 54.8 Å². The molecule has 25 heavy (non-hydrogen) atoms. The van der Waals surface area contributed by atoms with Gasteiger partial charge in [-0.15, -0.1) is 0 Å². The second-order valence-electron chi connectivity index (χ2n) is 6.90. The fourth-order valence-electron chi connectivity index (χ4n) is 3.50. The van der Waals surface area contributed by atoms with Crippen LogP contribution in [0.1, 0.15) is 30.5 Å². The molecule has 1 aromatic rings. The van der Waals surface area contributed by atoms with E-state index in [0.29, 0.717) is 38.9 Å². The van der Waals surface area contributed by atoms with Crippen LogP contribution in [0.3, 0.4) is 0 Å². The first kappa shape index (κ1) is 17.9. The topological polar surface area (TPSA) is 54.5 Å². The molecule has 2 aliphatic rings. The Balaban J connectivity index is 1.49. The van der Waals surface area contributed by atoms with Crippen molar-refractivity contribution < 1.29 is 13.9 Å². The number of nitrogens with zero attached hydrogens (tertiary/aromatic N) is 2. The van der Waals surface area contributed by atoms with E-state index in [0.717, 1.165) is 30.9 Å².